The molecule has 4 aromatic rings. The molecule has 1 amide bonds. The number of para-hydroxylation sites is 2. The highest BCUT2D eigenvalue weighted by Gasteiger charge is 2.12. The number of hydrogen-bond acceptors (Lipinski definition) is 4. The van der Waals surface area contributed by atoms with Crippen molar-refractivity contribution in [3.63, 3.8) is 0 Å². The summed E-state index contributed by atoms with van der Waals surface area (Å²) >= 11 is 0. The molecule has 1 aromatic heterocycles. The van der Waals surface area contributed by atoms with Crippen molar-refractivity contribution in [2.24, 2.45) is 0 Å². The lowest BCUT2D eigenvalue weighted by Crippen LogP contribution is -2.25. The van der Waals surface area contributed by atoms with Crippen molar-refractivity contribution in [2.45, 2.75) is 32.2 Å². The fourth-order valence-corrected chi connectivity index (χ4v) is 4.02. The SMILES string of the molecule is COc1ccc(OCCn2c(CCCCCNC(=O)c3ccccc3F)nc3ccccc32)cc1. The van der Waals surface area contributed by atoms with Crippen LogP contribution >= 0.6 is 0 Å². The number of imidazole rings is 1. The Morgan fingerprint density at radius 1 is 0.943 bits per heavy atom. The maximum absolute atomic E-state index is 13.7. The summed E-state index contributed by atoms with van der Waals surface area (Å²) in [6.45, 7) is 1.74. The van der Waals surface area contributed by atoms with Gasteiger partial charge in [-0.3, -0.25) is 4.79 Å². The molecule has 0 bridgehead atoms. The predicted octanol–water partition coefficient (Wildman–Crippen LogP) is 5.41. The predicted molar refractivity (Wildman–Crippen MR) is 135 cm³/mol. The Morgan fingerprint density at radius 2 is 1.69 bits per heavy atom. The van der Waals surface area contributed by atoms with Crippen LogP contribution in [0.4, 0.5) is 4.39 Å². The van der Waals surface area contributed by atoms with Crippen molar-refractivity contribution in [3.05, 3.63) is 90.0 Å². The largest absolute Gasteiger partial charge is 0.497 e. The Morgan fingerprint density at radius 3 is 2.49 bits per heavy atom. The smallest absolute Gasteiger partial charge is 0.254 e. The Kier molecular flexibility index (Phi) is 8.33. The normalized spacial score (nSPS) is 10.9. The molecule has 182 valence electrons. The lowest BCUT2D eigenvalue weighted by atomic mass is 10.1. The van der Waals surface area contributed by atoms with Crippen LogP contribution in [0, 0.1) is 5.82 Å². The van der Waals surface area contributed by atoms with Gasteiger partial charge in [0.2, 0.25) is 0 Å². The highest BCUT2D eigenvalue weighted by molar-refractivity contribution is 5.94. The third-order valence-electron chi connectivity index (χ3n) is 5.86. The van der Waals surface area contributed by atoms with Crippen molar-refractivity contribution < 1.29 is 18.7 Å². The minimum atomic E-state index is -0.500. The van der Waals surface area contributed by atoms with Gasteiger partial charge in [-0.25, -0.2) is 9.37 Å². The number of ether oxygens (including phenoxy) is 2. The second-order valence-corrected chi connectivity index (χ2v) is 8.24. The summed E-state index contributed by atoms with van der Waals surface area (Å²) < 4.78 is 27.1. The second-order valence-electron chi connectivity index (χ2n) is 8.24. The maximum atomic E-state index is 13.7. The van der Waals surface area contributed by atoms with Crippen molar-refractivity contribution in [1.29, 1.82) is 0 Å². The third kappa shape index (κ3) is 6.38. The molecule has 1 heterocycles. The Bertz CT molecular complexity index is 1250. The molecule has 0 aliphatic rings. The van der Waals surface area contributed by atoms with Crippen molar-refractivity contribution in [1.82, 2.24) is 14.9 Å². The summed E-state index contributed by atoms with van der Waals surface area (Å²) in [6, 6.07) is 21.7. The number of fused-ring (bicyclic) bond motifs is 1. The average molecular weight is 476 g/mol. The van der Waals surface area contributed by atoms with Crippen LogP contribution in [0.15, 0.2) is 72.8 Å². The second kappa shape index (κ2) is 12.0. The molecule has 35 heavy (non-hydrogen) atoms. The summed E-state index contributed by atoms with van der Waals surface area (Å²) in [5.74, 6) is 1.75. The number of halogens is 1. The molecular weight excluding hydrogens is 445 g/mol. The molecule has 0 atom stereocenters. The van der Waals surface area contributed by atoms with Crippen LogP contribution in [0.1, 0.15) is 35.4 Å². The van der Waals surface area contributed by atoms with Gasteiger partial charge in [0, 0.05) is 13.0 Å². The minimum absolute atomic E-state index is 0.0816. The molecule has 0 spiro atoms. The monoisotopic (exact) mass is 475 g/mol. The number of carbonyl (C=O) groups excluding carboxylic acids is 1. The van der Waals surface area contributed by atoms with Gasteiger partial charge >= 0.3 is 0 Å². The number of unbranched alkanes of at least 4 members (excludes halogenated alkanes) is 2. The first-order valence-electron chi connectivity index (χ1n) is 11.9. The number of rotatable bonds is 12. The Hall–Kier alpha value is -3.87. The van der Waals surface area contributed by atoms with Gasteiger partial charge in [-0.05, 0) is 61.4 Å². The quantitative estimate of drug-likeness (QED) is 0.279. The highest BCUT2D eigenvalue weighted by Crippen LogP contribution is 2.20. The van der Waals surface area contributed by atoms with Crippen LogP contribution in [-0.4, -0.2) is 35.7 Å². The molecule has 0 fully saturated rings. The van der Waals surface area contributed by atoms with E-state index >= 15 is 0 Å². The number of hydrogen-bond donors (Lipinski definition) is 1. The number of nitrogens with one attached hydrogen (secondary N) is 1. The molecular formula is C28H30FN3O3. The standard InChI is InChI=1S/C28H30FN3O3/c1-34-21-14-16-22(17-15-21)35-20-19-32-26-12-7-6-11-25(26)31-27(32)13-3-2-8-18-30-28(33)23-9-4-5-10-24(23)29/h4-7,9-12,14-17H,2-3,8,13,18-20H2,1H3,(H,30,33). The van der Waals surface area contributed by atoms with Crippen molar-refractivity contribution in [3.8, 4) is 11.5 Å². The van der Waals surface area contributed by atoms with E-state index in [0.717, 1.165) is 54.0 Å². The van der Waals surface area contributed by atoms with Gasteiger partial charge < -0.3 is 19.4 Å². The van der Waals surface area contributed by atoms with E-state index in [1.54, 1.807) is 19.2 Å². The van der Waals surface area contributed by atoms with E-state index in [2.05, 4.69) is 16.0 Å². The summed E-state index contributed by atoms with van der Waals surface area (Å²) in [5.41, 5.74) is 2.15. The first-order chi connectivity index (χ1) is 17.2. The number of benzene rings is 3. The highest BCUT2D eigenvalue weighted by atomic mass is 19.1. The molecule has 0 radical (unpaired) electrons. The van der Waals surface area contributed by atoms with Gasteiger partial charge in [0.1, 0.15) is 29.7 Å². The fourth-order valence-electron chi connectivity index (χ4n) is 4.02. The summed E-state index contributed by atoms with van der Waals surface area (Å²) in [7, 11) is 1.64. The van der Waals surface area contributed by atoms with Crippen LogP contribution in [0.5, 0.6) is 11.5 Å². The minimum Gasteiger partial charge on any atom is -0.497 e. The zero-order chi connectivity index (χ0) is 24.5. The topological polar surface area (TPSA) is 65.4 Å². The van der Waals surface area contributed by atoms with E-state index in [0.29, 0.717) is 19.7 Å². The Labute approximate surface area is 204 Å². The lowest BCUT2D eigenvalue weighted by molar-refractivity contribution is 0.0949. The van der Waals surface area contributed by atoms with E-state index in [9.17, 15) is 9.18 Å². The summed E-state index contributed by atoms with van der Waals surface area (Å²) in [5, 5.41) is 2.80. The number of carbonyl (C=O) groups is 1. The molecule has 0 aliphatic heterocycles. The zero-order valence-corrected chi connectivity index (χ0v) is 19.9. The zero-order valence-electron chi connectivity index (χ0n) is 19.9. The van der Waals surface area contributed by atoms with Crippen LogP contribution in [0.2, 0.25) is 0 Å². The average Bonchev–Trinajstić information content (AvgIpc) is 3.24. The van der Waals surface area contributed by atoms with Gasteiger partial charge in [-0.15, -0.1) is 0 Å². The first-order valence-corrected chi connectivity index (χ1v) is 11.9. The van der Waals surface area contributed by atoms with E-state index in [-0.39, 0.29) is 11.5 Å². The summed E-state index contributed by atoms with van der Waals surface area (Å²) in [6.07, 6.45) is 3.53. The van der Waals surface area contributed by atoms with E-state index < -0.39 is 5.82 Å². The number of aryl methyl sites for hydroxylation is 1. The van der Waals surface area contributed by atoms with E-state index in [1.165, 1.54) is 12.1 Å². The van der Waals surface area contributed by atoms with Gasteiger partial charge in [0.25, 0.3) is 5.91 Å². The first kappa shape index (κ1) is 24.3. The van der Waals surface area contributed by atoms with Crippen LogP contribution in [0.25, 0.3) is 11.0 Å². The van der Waals surface area contributed by atoms with Crippen molar-refractivity contribution in [2.75, 3.05) is 20.3 Å². The van der Waals surface area contributed by atoms with Gasteiger partial charge in [0.05, 0.1) is 30.3 Å². The number of methoxy groups -OCH3 is 1. The molecule has 4 rings (SSSR count). The van der Waals surface area contributed by atoms with E-state index in [4.69, 9.17) is 14.5 Å². The van der Waals surface area contributed by atoms with E-state index in [1.807, 2.05) is 42.5 Å². The molecule has 0 unspecified atom stereocenters. The molecule has 1 N–H and O–H groups in total. The fraction of sp³-hybridized carbons (Fsp3) is 0.286. The molecule has 0 aliphatic carbocycles. The number of nitrogens with zero attached hydrogens (tertiary/aromatic N) is 2. The third-order valence-corrected chi connectivity index (χ3v) is 5.86. The van der Waals surface area contributed by atoms with Crippen molar-refractivity contribution >= 4 is 16.9 Å². The molecule has 0 saturated heterocycles. The van der Waals surface area contributed by atoms with Gasteiger partial charge in [0.15, 0.2) is 0 Å². The Balaban J connectivity index is 1.27. The van der Waals surface area contributed by atoms with Gasteiger partial charge in [-0.1, -0.05) is 30.7 Å². The maximum Gasteiger partial charge on any atom is 0.254 e. The molecule has 3 aromatic carbocycles. The molecule has 6 nitrogen and oxygen atoms in total. The van der Waals surface area contributed by atoms with Crippen LogP contribution in [0.3, 0.4) is 0 Å². The lowest BCUT2D eigenvalue weighted by Gasteiger charge is -2.11. The van der Waals surface area contributed by atoms with Crippen LogP contribution in [-0.2, 0) is 13.0 Å². The molecule has 0 saturated carbocycles. The molecule has 7 heteroatoms. The number of aromatic nitrogens is 2. The number of amides is 1. The van der Waals surface area contributed by atoms with Gasteiger partial charge in [-0.2, -0.15) is 0 Å². The van der Waals surface area contributed by atoms with Crippen LogP contribution < -0.4 is 14.8 Å². The summed E-state index contributed by atoms with van der Waals surface area (Å²) in [4.78, 5) is 17.0.